The van der Waals surface area contributed by atoms with Crippen molar-refractivity contribution in [2.45, 2.75) is 122 Å². The van der Waals surface area contributed by atoms with Gasteiger partial charge in [-0.2, -0.15) is 0 Å². The lowest BCUT2D eigenvalue weighted by molar-refractivity contribution is -0.275. The van der Waals surface area contributed by atoms with Gasteiger partial charge in [-0.25, -0.2) is 4.79 Å². The van der Waals surface area contributed by atoms with Crippen LogP contribution in [0.1, 0.15) is 103 Å². The lowest BCUT2D eigenvalue weighted by Gasteiger charge is -2.65. The van der Waals surface area contributed by atoms with Crippen LogP contribution in [0, 0.1) is 11.8 Å². The van der Waals surface area contributed by atoms with Crippen molar-refractivity contribution in [2.75, 3.05) is 0 Å². The van der Waals surface area contributed by atoms with Crippen LogP contribution in [0.4, 0.5) is 0 Å². The number of ether oxygens (including phenoxy) is 3. The Morgan fingerprint density at radius 3 is 2.29 bits per heavy atom. The topological polar surface area (TPSA) is 160 Å². The lowest BCUT2D eigenvalue weighted by atomic mass is 9.43. The third-order valence-corrected chi connectivity index (χ3v) is 11.2. The van der Waals surface area contributed by atoms with E-state index in [1.54, 1.807) is 19.9 Å². The van der Waals surface area contributed by atoms with Gasteiger partial charge in [-0.3, -0.25) is 9.59 Å². The van der Waals surface area contributed by atoms with Gasteiger partial charge in [0.15, 0.2) is 22.6 Å². The number of carboxylic acids is 1. The van der Waals surface area contributed by atoms with Gasteiger partial charge in [0.05, 0.1) is 17.1 Å². The summed E-state index contributed by atoms with van der Waals surface area (Å²) in [5.41, 5.74) is -6.32. The van der Waals surface area contributed by atoms with Crippen molar-refractivity contribution in [2.24, 2.45) is 11.8 Å². The van der Waals surface area contributed by atoms with Crippen molar-refractivity contribution in [3.05, 3.63) is 57.7 Å². The number of ketones is 2. The first-order chi connectivity index (χ1) is 22.3. The van der Waals surface area contributed by atoms with Gasteiger partial charge in [0.1, 0.15) is 34.5 Å². The lowest BCUT2D eigenvalue weighted by Crippen LogP contribution is -2.88. The normalized spacial score (nSPS) is 35.2. The van der Waals surface area contributed by atoms with Crippen molar-refractivity contribution in [3.63, 3.8) is 0 Å². The third kappa shape index (κ3) is 4.38. The molecule has 4 N–H and O–H groups in total. The number of aromatic hydroxyl groups is 1. The molecule has 48 heavy (non-hydrogen) atoms. The SMILES string of the molecule is CC(C)=CCC[C@]1(C)C=Cc2c(O)c3c(c(CC=C(C)C)c2O1)O[C@]12[C@H]4C[C@@H](C(=O)[C@]1(C/C=C(/C)C(=O)O)OC4(C)C)C(O)C2(O)C3=O. The molecule has 10 heteroatoms. The number of rotatable bonds is 8. The van der Waals surface area contributed by atoms with Gasteiger partial charge in [0, 0.05) is 23.5 Å². The number of Topliss-reactive ketones (excluding diaryl/α,β-unsaturated/α-hetero) is 2. The number of benzene rings is 1. The Balaban J connectivity index is 1.63. The van der Waals surface area contributed by atoms with Crippen LogP contribution < -0.4 is 9.47 Å². The second-order valence-corrected chi connectivity index (χ2v) is 15.4. The average molecular weight is 663 g/mol. The number of hydrogen-bond acceptors (Lipinski definition) is 9. The van der Waals surface area contributed by atoms with E-state index in [0.717, 1.165) is 12.0 Å². The van der Waals surface area contributed by atoms with Gasteiger partial charge in [0.2, 0.25) is 5.78 Å². The zero-order valence-corrected chi connectivity index (χ0v) is 28.9. The molecule has 3 aliphatic carbocycles. The van der Waals surface area contributed by atoms with E-state index in [1.807, 2.05) is 46.8 Å². The minimum absolute atomic E-state index is 0.0460. The Morgan fingerprint density at radius 1 is 1.00 bits per heavy atom. The maximum Gasteiger partial charge on any atom is 0.330 e. The summed E-state index contributed by atoms with van der Waals surface area (Å²) in [5.74, 6) is -4.90. The number of hydrogen-bond donors (Lipinski definition) is 4. The Morgan fingerprint density at radius 2 is 1.67 bits per heavy atom. The molecule has 258 valence electrons. The summed E-state index contributed by atoms with van der Waals surface area (Å²) in [4.78, 5) is 41.2. The highest BCUT2D eigenvalue weighted by atomic mass is 16.6. The Labute approximate surface area is 280 Å². The smallest absolute Gasteiger partial charge is 0.330 e. The fraction of sp³-hybridized carbons (Fsp3) is 0.553. The van der Waals surface area contributed by atoms with Crippen LogP contribution in [0.5, 0.6) is 17.2 Å². The number of phenolic OH excluding ortho intramolecular Hbond substituents is 1. The molecule has 3 saturated carbocycles. The second-order valence-electron chi connectivity index (χ2n) is 15.4. The van der Waals surface area contributed by atoms with Gasteiger partial charge in [-0.1, -0.05) is 29.4 Å². The van der Waals surface area contributed by atoms with E-state index in [1.165, 1.54) is 18.6 Å². The molecule has 4 bridgehead atoms. The molecule has 3 heterocycles. The second kappa shape index (κ2) is 10.9. The molecule has 2 unspecified atom stereocenters. The molecule has 0 aromatic heterocycles. The van der Waals surface area contributed by atoms with Crippen LogP contribution >= 0.6 is 0 Å². The van der Waals surface area contributed by atoms with E-state index >= 15 is 0 Å². The van der Waals surface area contributed by atoms with Gasteiger partial charge >= 0.3 is 5.97 Å². The molecular formula is C38H46O10. The van der Waals surface area contributed by atoms with Gasteiger partial charge in [-0.05, 0) is 93.2 Å². The number of allylic oxidation sites excluding steroid dienone is 4. The molecule has 3 aliphatic heterocycles. The highest BCUT2D eigenvalue weighted by molar-refractivity contribution is 6.14. The van der Waals surface area contributed by atoms with Gasteiger partial charge in [0.25, 0.3) is 0 Å². The summed E-state index contributed by atoms with van der Waals surface area (Å²) in [6, 6.07) is 0. The van der Waals surface area contributed by atoms with Crippen LogP contribution in [0.3, 0.4) is 0 Å². The Hall–Kier alpha value is -3.73. The first kappa shape index (κ1) is 34.1. The zero-order valence-electron chi connectivity index (χ0n) is 28.9. The van der Waals surface area contributed by atoms with Crippen molar-refractivity contribution >= 4 is 23.6 Å². The minimum atomic E-state index is -2.71. The van der Waals surface area contributed by atoms with E-state index in [-0.39, 0.29) is 41.7 Å². The first-order valence-electron chi connectivity index (χ1n) is 16.6. The van der Waals surface area contributed by atoms with Crippen molar-refractivity contribution in [1.29, 1.82) is 0 Å². The Kier molecular flexibility index (Phi) is 7.74. The predicted octanol–water partition coefficient (Wildman–Crippen LogP) is 5.40. The zero-order chi connectivity index (χ0) is 35.4. The first-order valence-corrected chi connectivity index (χ1v) is 16.6. The number of aliphatic carboxylic acids is 1. The van der Waals surface area contributed by atoms with Crippen LogP contribution in [-0.4, -0.2) is 72.1 Å². The molecule has 6 aliphatic rings. The van der Waals surface area contributed by atoms with E-state index in [4.69, 9.17) is 14.2 Å². The van der Waals surface area contributed by atoms with E-state index in [9.17, 15) is 34.8 Å². The van der Waals surface area contributed by atoms with Crippen molar-refractivity contribution in [3.8, 4) is 17.2 Å². The average Bonchev–Trinajstić information content (AvgIpc) is 3.13. The number of aliphatic hydroxyl groups is 2. The fourth-order valence-corrected chi connectivity index (χ4v) is 8.79. The van der Waals surface area contributed by atoms with Crippen LogP contribution in [-0.2, 0) is 20.7 Å². The fourth-order valence-electron chi connectivity index (χ4n) is 8.79. The molecule has 10 nitrogen and oxygen atoms in total. The van der Waals surface area contributed by atoms with E-state index in [0.29, 0.717) is 17.7 Å². The molecule has 0 radical (unpaired) electrons. The standard InChI is InChI=1S/C38H46O10/c1-19(2)10-9-15-35(8)16-14-22-27(39)26-29(23(28(22)46-35)12-11-20(3)4)47-38-25-18-24(31(41)37(38,45)32(26)42)30(40)36(38,48-34(25,6)7)17-13-21(5)33(43)44/h10-11,13-14,16,24-25,31,39,41,45H,9,12,15,17-18H2,1-8H3,(H,43,44)/b21-13-/t24-,25-,31?,35+,36-,37?,38+/m0/s1. The molecule has 1 aromatic rings. The van der Waals surface area contributed by atoms with Gasteiger partial charge in [-0.15, -0.1) is 0 Å². The monoisotopic (exact) mass is 662 g/mol. The summed E-state index contributed by atoms with van der Waals surface area (Å²) < 4.78 is 20.3. The summed E-state index contributed by atoms with van der Waals surface area (Å²) >= 11 is 0. The summed E-state index contributed by atoms with van der Waals surface area (Å²) in [6.45, 7) is 14.7. The van der Waals surface area contributed by atoms with Crippen molar-refractivity contribution in [1.82, 2.24) is 0 Å². The molecule has 7 atom stereocenters. The Bertz CT molecular complexity index is 1750. The van der Waals surface area contributed by atoms with Crippen LogP contribution in [0.15, 0.2) is 41.0 Å². The molecule has 0 amide bonds. The molecule has 1 spiro atoms. The molecule has 4 fully saturated rings. The quantitative estimate of drug-likeness (QED) is 0.210. The van der Waals surface area contributed by atoms with E-state index in [2.05, 4.69) is 6.08 Å². The molecule has 1 saturated heterocycles. The predicted molar refractivity (Wildman–Crippen MR) is 177 cm³/mol. The third-order valence-electron chi connectivity index (χ3n) is 11.2. The summed E-state index contributed by atoms with van der Waals surface area (Å²) in [6.07, 6.45) is 8.44. The number of carbonyl (C=O) groups excluding carboxylic acids is 2. The van der Waals surface area contributed by atoms with Crippen LogP contribution in [0.2, 0.25) is 0 Å². The summed E-state index contributed by atoms with van der Waals surface area (Å²) in [5, 5.41) is 45.9. The number of aliphatic hydroxyl groups excluding tert-OH is 1. The molecular weight excluding hydrogens is 616 g/mol. The van der Waals surface area contributed by atoms with Crippen LogP contribution in [0.25, 0.3) is 6.08 Å². The highest BCUT2D eigenvalue weighted by Gasteiger charge is 2.91. The number of phenols is 1. The molecule has 7 rings (SSSR count). The maximum atomic E-state index is 14.9. The van der Waals surface area contributed by atoms with Crippen molar-refractivity contribution < 1.29 is 49.0 Å². The number of fused-ring (bicyclic) bond motifs is 2. The largest absolute Gasteiger partial charge is 0.506 e. The number of carboxylic acid groups (broad SMARTS) is 1. The summed E-state index contributed by atoms with van der Waals surface area (Å²) in [7, 11) is 0. The highest BCUT2D eigenvalue weighted by Crippen LogP contribution is 2.71. The van der Waals surface area contributed by atoms with E-state index < -0.39 is 69.2 Å². The maximum absolute atomic E-state index is 14.9. The van der Waals surface area contributed by atoms with Gasteiger partial charge < -0.3 is 34.6 Å². The number of carbonyl (C=O) groups is 3. The molecule has 1 aromatic carbocycles. The minimum Gasteiger partial charge on any atom is -0.506 e.